The van der Waals surface area contributed by atoms with Crippen molar-refractivity contribution in [3.05, 3.63) is 129 Å². The van der Waals surface area contributed by atoms with Gasteiger partial charge in [-0.05, 0) is 53.4 Å². The van der Waals surface area contributed by atoms with Crippen LogP contribution in [0.15, 0.2) is 91.4 Å². The number of carbonyl (C=O) groups excluding carboxylic acids is 1. The zero-order valence-corrected chi connectivity index (χ0v) is 33.6. The van der Waals surface area contributed by atoms with Crippen LogP contribution in [0.4, 0.5) is 0 Å². The maximum Gasteiger partial charge on any atom is 0.323 e. The first kappa shape index (κ1) is 41.2. The molecule has 59 heavy (non-hydrogen) atoms. The van der Waals surface area contributed by atoms with Crippen molar-refractivity contribution in [3.63, 3.8) is 0 Å². The van der Waals surface area contributed by atoms with Gasteiger partial charge in [-0.1, -0.05) is 65.7 Å². The molecule has 13 nitrogen and oxygen atoms in total. The molecule has 1 fully saturated rings. The summed E-state index contributed by atoms with van der Waals surface area (Å²) in [5, 5.41) is 44.2. The summed E-state index contributed by atoms with van der Waals surface area (Å²) < 4.78 is 13.8. The molecule has 7 rings (SSSR count). The van der Waals surface area contributed by atoms with Crippen LogP contribution in [0.2, 0.25) is 10.0 Å². The Labute approximate surface area is 350 Å². The largest absolute Gasteiger partial charge is 0.496 e. The number of hydrogen-bond donors (Lipinski definition) is 5. The Hall–Kier alpha value is -6.01. The van der Waals surface area contributed by atoms with E-state index < -0.39 is 18.6 Å². The smallest absolute Gasteiger partial charge is 0.323 e. The molecule has 0 spiro atoms. The van der Waals surface area contributed by atoms with Gasteiger partial charge >= 0.3 is 5.97 Å². The number of ether oxygens (including phenoxy) is 2. The quantitative estimate of drug-likeness (QED) is 0.0678. The summed E-state index contributed by atoms with van der Waals surface area (Å²) in [5.41, 5.74) is 7.64. The van der Waals surface area contributed by atoms with Crippen molar-refractivity contribution in [3.8, 4) is 39.8 Å². The predicted octanol–water partition coefficient (Wildman–Crippen LogP) is 6.48. The number of nitrogens with zero attached hydrogens (tertiary/aromatic N) is 4. The average molecular weight is 835 g/mol. The van der Waals surface area contributed by atoms with Crippen molar-refractivity contribution in [2.45, 2.75) is 51.2 Å². The van der Waals surface area contributed by atoms with Gasteiger partial charge in [0.15, 0.2) is 0 Å². The van der Waals surface area contributed by atoms with Crippen molar-refractivity contribution in [1.29, 1.82) is 5.26 Å². The molecule has 2 aromatic heterocycles. The molecule has 5 N–H and O–H groups in total. The van der Waals surface area contributed by atoms with Gasteiger partial charge < -0.3 is 30.3 Å². The Morgan fingerprint density at radius 2 is 1.81 bits per heavy atom. The average Bonchev–Trinajstić information content (AvgIpc) is 3.86. The summed E-state index contributed by atoms with van der Waals surface area (Å²) in [4.78, 5) is 27.3. The topological polar surface area (TPSA) is 184 Å². The Kier molecular flexibility index (Phi) is 13.1. The van der Waals surface area contributed by atoms with Crippen LogP contribution in [0.25, 0.3) is 33.2 Å². The molecular weight excluding hydrogens is 793 g/mol. The first-order valence-electron chi connectivity index (χ1n) is 18.9. The standard InChI is InChI=1S/C44H41Cl2N7O6/c1-58-40-14-28(8-9-29(40)19-49-21-32-10-11-42(55)52-32)33-4-2-6-35(43(33)46)34-5-3-7-39-36(34)22-51-53(39)23-31-15-41(59-25-27-12-26(16-47)17-48-18-27)30(13-37(31)45)20-50-38(24-54)44(56)57/h2-9,12-15,17-18,22,32,38,49-50,54H,10-11,19-21,23-25H2,1H3,(H,52,55)(H,56,57). The number of fused-ring (bicyclic) bond motifs is 1. The molecule has 1 amide bonds. The van der Waals surface area contributed by atoms with Gasteiger partial charge in [0.25, 0.3) is 0 Å². The zero-order chi connectivity index (χ0) is 41.5. The first-order chi connectivity index (χ1) is 28.6. The maximum atomic E-state index is 11.6. The Bertz CT molecular complexity index is 2560. The second kappa shape index (κ2) is 18.7. The van der Waals surface area contributed by atoms with Crippen molar-refractivity contribution in [2.75, 3.05) is 20.3 Å². The van der Waals surface area contributed by atoms with E-state index in [1.165, 1.54) is 6.20 Å². The van der Waals surface area contributed by atoms with Crippen molar-refractivity contribution >= 4 is 46.0 Å². The van der Waals surface area contributed by atoms with Crippen LogP contribution in [-0.2, 0) is 35.8 Å². The van der Waals surface area contributed by atoms with Gasteiger partial charge in [0, 0.05) is 82.7 Å². The monoisotopic (exact) mass is 833 g/mol. The molecule has 1 saturated heterocycles. The highest BCUT2D eigenvalue weighted by Gasteiger charge is 2.22. The number of amides is 1. The number of methoxy groups -OCH3 is 1. The van der Waals surface area contributed by atoms with Crippen molar-refractivity contribution in [2.24, 2.45) is 0 Å². The highest BCUT2D eigenvalue weighted by atomic mass is 35.5. The van der Waals surface area contributed by atoms with Crippen LogP contribution in [-0.4, -0.2) is 69.2 Å². The Morgan fingerprint density at radius 1 is 1.00 bits per heavy atom. The molecule has 0 aliphatic carbocycles. The van der Waals surface area contributed by atoms with Gasteiger partial charge in [-0.15, -0.1) is 0 Å². The van der Waals surface area contributed by atoms with E-state index in [4.69, 9.17) is 37.8 Å². The van der Waals surface area contributed by atoms with Gasteiger partial charge in [-0.3, -0.25) is 24.6 Å². The second-order valence-electron chi connectivity index (χ2n) is 14.2. The van der Waals surface area contributed by atoms with Gasteiger partial charge in [0.2, 0.25) is 5.91 Å². The summed E-state index contributed by atoms with van der Waals surface area (Å²) in [6, 6.07) is 24.1. The Balaban J connectivity index is 1.14. The van der Waals surface area contributed by atoms with Crippen LogP contribution in [0.5, 0.6) is 11.5 Å². The number of benzene rings is 4. The van der Waals surface area contributed by atoms with Crippen LogP contribution < -0.4 is 25.4 Å². The highest BCUT2D eigenvalue weighted by Crippen LogP contribution is 2.40. The third kappa shape index (κ3) is 9.49. The molecule has 6 aromatic rings. The number of aliphatic hydroxyl groups excluding tert-OH is 1. The summed E-state index contributed by atoms with van der Waals surface area (Å²) >= 11 is 14.1. The molecular formula is C44H41Cl2N7O6. The van der Waals surface area contributed by atoms with Crippen molar-refractivity contribution < 1.29 is 29.3 Å². The summed E-state index contributed by atoms with van der Waals surface area (Å²) in [7, 11) is 1.65. The summed E-state index contributed by atoms with van der Waals surface area (Å²) in [6.07, 6.45) is 6.26. The fourth-order valence-electron chi connectivity index (χ4n) is 7.14. The predicted molar refractivity (Wildman–Crippen MR) is 224 cm³/mol. The minimum Gasteiger partial charge on any atom is -0.496 e. The Morgan fingerprint density at radius 3 is 2.58 bits per heavy atom. The number of nitrogens with one attached hydrogen (secondary N) is 3. The number of hydrogen-bond acceptors (Lipinski definition) is 10. The SMILES string of the molecule is COc1cc(-c2cccc(-c3cccc4c3cnn4Cc3cc(OCc4cncc(C#N)c4)c(CNC(CO)C(=O)O)cc3Cl)c2Cl)ccc1CNCC1CCC(=O)N1. The molecule has 2 atom stereocenters. The maximum absolute atomic E-state index is 11.6. The van der Waals surface area contributed by atoms with E-state index in [9.17, 15) is 25.1 Å². The molecule has 1 aliphatic rings. The lowest BCUT2D eigenvalue weighted by Crippen LogP contribution is -2.39. The lowest BCUT2D eigenvalue weighted by atomic mass is 9.96. The normalized spacial score (nSPS) is 14.2. The molecule has 0 radical (unpaired) electrons. The fraction of sp³-hybridized carbons (Fsp3) is 0.250. The number of pyridine rings is 1. The third-order valence-corrected chi connectivity index (χ3v) is 11.0. The van der Waals surface area contributed by atoms with Crippen LogP contribution >= 0.6 is 23.2 Å². The minimum absolute atomic E-state index is 0.0493. The number of rotatable bonds is 17. The fourth-order valence-corrected chi connectivity index (χ4v) is 7.72. The van der Waals surface area contributed by atoms with Gasteiger partial charge in [0.05, 0.1) is 42.6 Å². The minimum atomic E-state index is -1.19. The number of carbonyl (C=O) groups is 2. The van der Waals surface area contributed by atoms with E-state index in [0.717, 1.165) is 50.9 Å². The van der Waals surface area contributed by atoms with Crippen LogP contribution in [0.3, 0.4) is 0 Å². The van der Waals surface area contributed by atoms with Gasteiger partial charge in [0.1, 0.15) is 30.2 Å². The number of aliphatic carboxylic acids is 1. The number of carboxylic acid groups (broad SMARTS) is 1. The van der Waals surface area contributed by atoms with Crippen LogP contribution in [0, 0.1) is 11.3 Å². The zero-order valence-electron chi connectivity index (χ0n) is 32.0. The summed E-state index contributed by atoms with van der Waals surface area (Å²) in [6.45, 7) is 1.08. The van der Waals surface area contributed by atoms with Crippen LogP contribution in [0.1, 0.15) is 40.7 Å². The molecule has 2 unspecified atom stereocenters. The number of aromatic nitrogens is 3. The van der Waals surface area contributed by atoms with Gasteiger partial charge in [-0.25, -0.2) is 0 Å². The van der Waals surface area contributed by atoms with Crippen molar-refractivity contribution in [1.82, 2.24) is 30.7 Å². The van der Waals surface area contributed by atoms with E-state index in [0.29, 0.717) is 57.6 Å². The molecule has 302 valence electrons. The number of nitriles is 1. The highest BCUT2D eigenvalue weighted by molar-refractivity contribution is 6.36. The number of aliphatic hydroxyl groups is 1. The molecule has 4 aromatic carbocycles. The molecule has 3 heterocycles. The van der Waals surface area contributed by atoms with E-state index in [1.807, 2.05) is 59.3 Å². The third-order valence-electron chi connectivity index (χ3n) is 10.3. The lowest BCUT2D eigenvalue weighted by Gasteiger charge is -2.18. The molecule has 0 bridgehead atoms. The number of halogens is 2. The number of carboxylic acids is 1. The second-order valence-corrected chi connectivity index (χ2v) is 14.9. The van der Waals surface area contributed by atoms with E-state index in [1.54, 1.807) is 37.7 Å². The first-order valence-corrected chi connectivity index (χ1v) is 19.7. The lowest BCUT2D eigenvalue weighted by molar-refractivity contribution is -0.140. The molecule has 15 heteroatoms. The molecule has 0 saturated carbocycles. The van der Waals surface area contributed by atoms with E-state index >= 15 is 0 Å². The van der Waals surface area contributed by atoms with Gasteiger partial charge in [-0.2, -0.15) is 10.4 Å². The molecule has 1 aliphatic heterocycles. The summed E-state index contributed by atoms with van der Waals surface area (Å²) in [5.74, 6) is 0.0615. The van der Waals surface area contributed by atoms with E-state index in [-0.39, 0.29) is 31.6 Å². The van der Waals surface area contributed by atoms with E-state index in [2.05, 4.69) is 27.0 Å².